The Morgan fingerprint density at radius 2 is 1.32 bits per heavy atom. The van der Waals surface area contributed by atoms with Gasteiger partial charge in [0.05, 0.1) is 24.7 Å². The number of aryl methyl sites for hydroxylation is 1. The number of amides is 1. The minimum atomic E-state index is -1.43. The number of nitrogens with zero attached hydrogens (tertiary/aromatic N) is 1. The van der Waals surface area contributed by atoms with E-state index >= 15 is 0 Å². The maximum absolute atomic E-state index is 13.6. The van der Waals surface area contributed by atoms with E-state index in [2.05, 4.69) is 0 Å². The van der Waals surface area contributed by atoms with Crippen LogP contribution in [0.4, 0.5) is 14.5 Å². The summed E-state index contributed by atoms with van der Waals surface area (Å²) in [6, 6.07) is 19.4. The first kappa shape index (κ1) is 28.3. The first-order valence-corrected chi connectivity index (χ1v) is 13.5. The molecule has 0 spiro atoms. The first-order chi connectivity index (χ1) is 19.3. The monoisotopic (exact) mass is 553 g/mol. The van der Waals surface area contributed by atoms with Gasteiger partial charge in [-0.3, -0.25) is 4.79 Å². The zero-order chi connectivity index (χ0) is 28.4. The summed E-state index contributed by atoms with van der Waals surface area (Å²) in [4.78, 5) is 14.9. The second kappa shape index (κ2) is 12.1. The Balaban J connectivity index is 1.31. The highest BCUT2D eigenvalue weighted by Gasteiger charge is 2.48. The highest BCUT2D eigenvalue weighted by Crippen LogP contribution is 2.45. The molecule has 0 unspecified atom stereocenters. The van der Waals surface area contributed by atoms with Gasteiger partial charge in [-0.25, -0.2) is 8.78 Å². The van der Waals surface area contributed by atoms with E-state index in [-0.39, 0.29) is 35.9 Å². The molecule has 9 heteroatoms. The van der Waals surface area contributed by atoms with Gasteiger partial charge in [0.15, 0.2) is 0 Å². The molecule has 2 fully saturated rings. The molecule has 0 aromatic heterocycles. The van der Waals surface area contributed by atoms with Crippen molar-refractivity contribution in [3.8, 4) is 0 Å². The molecule has 0 radical (unpaired) electrons. The first-order valence-electron chi connectivity index (χ1n) is 13.5. The van der Waals surface area contributed by atoms with Crippen molar-refractivity contribution in [1.82, 2.24) is 0 Å². The Bertz CT molecular complexity index is 1280. The number of anilines is 1. The largest absolute Gasteiger partial charge is 0.394 e. The summed E-state index contributed by atoms with van der Waals surface area (Å²) >= 11 is 0. The average molecular weight is 554 g/mol. The number of rotatable bonds is 9. The van der Waals surface area contributed by atoms with Crippen molar-refractivity contribution < 1.29 is 38.7 Å². The molecule has 0 bridgehead atoms. The fourth-order valence-corrected chi connectivity index (χ4v) is 5.71. The van der Waals surface area contributed by atoms with Crippen molar-refractivity contribution in [2.45, 2.75) is 62.2 Å². The maximum Gasteiger partial charge on any atom is 0.233 e. The van der Waals surface area contributed by atoms with Crippen LogP contribution in [-0.4, -0.2) is 63.5 Å². The van der Waals surface area contributed by atoms with Gasteiger partial charge in [-0.1, -0.05) is 36.4 Å². The van der Waals surface area contributed by atoms with Crippen LogP contribution in [-0.2, 0) is 22.4 Å². The molecule has 5 rings (SSSR count). The zero-order valence-electron chi connectivity index (χ0n) is 21.8. The molecule has 0 saturated carbocycles. The number of halogens is 2. The Morgan fingerprint density at radius 1 is 0.750 bits per heavy atom. The molecule has 2 aliphatic heterocycles. The average Bonchev–Trinajstić information content (AvgIpc) is 2.96. The molecule has 2 saturated heterocycles. The van der Waals surface area contributed by atoms with Crippen LogP contribution >= 0.6 is 0 Å². The minimum Gasteiger partial charge on any atom is -0.394 e. The number of hydrogen-bond donors (Lipinski definition) is 4. The van der Waals surface area contributed by atoms with Gasteiger partial charge >= 0.3 is 0 Å². The highest BCUT2D eigenvalue weighted by atomic mass is 19.1. The van der Waals surface area contributed by atoms with Crippen molar-refractivity contribution >= 4 is 11.6 Å². The molecule has 0 aliphatic carbocycles. The quantitative estimate of drug-likeness (QED) is 0.303. The molecule has 40 heavy (non-hydrogen) atoms. The summed E-state index contributed by atoms with van der Waals surface area (Å²) in [7, 11) is 0. The maximum atomic E-state index is 13.6. The summed E-state index contributed by atoms with van der Waals surface area (Å²) in [5, 5.41) is 40.0. The molecule has 7 atom stereocenters. The lowest BCUT2D eigenvalue weighted by atomic mass is 9.78. The predicted octanol–water partition coefficient (Wildman–Crippen LogP) is 3.08. The summed E-state index contributed by atoms with van der Waals surface area (Å²) in [5.41, 5.74) is 3.31. The summed E-state index contributed by atoms with van der Waals surface area (Å²) in [6.45, 7) is -0.488. The van der Waals surface area contributed by atoms with Gasteiger partial charge in [0.25, 0.3) is 0 Å². The standard InChI is InChI=1S/C31H33F2NO6/c32-21-10-6-18(7-11-21)2-1-3-24-27(34(31(24)39)23-14-12-22(33)13-15-23)20-8-4-19(5-9-20)16-25-28(36)30(38)29(37)26(17-35)40-25/h4-15,24-30,35-38H,1-3,16-17H2/t24-,25+,26-,27-,28+,29-,30-/m1/s1. The van der Waals surface area contributed by atoms with E-state index in [9.17, 15) is 34.0 Å². The lowest BCUT2D eigenvalue weighted by Gasteiger charge is -2.48. The highest BCUT2D eigenvalue weighted by molar-refractivity contribution is 6.03. The molecule has 3 aromatic carbocycles. The number of carbonyl (C=O) groups excluding carboxylic acids is 1. The van der Waals surface area contributed by atoms with Crippen LogP contribution in [0, 0.1) is 17.6 Å². The van der Waals surface area contributed by atoms with Crippen LogP contribution < -0.4 is 4.90 Å². The van der Waals surface area contributed by atoms with Crippen molar-refractivity contribution in [3.05, 3.63) is 101 Å². The van der Waals surface area contributed by atoms with Crippen LogP contribution in [0.25, 0.3) is 0 Å². The third-order valence-corrected chi connectivity index (χ3v) is 7.96. The topological polar surface area (TPSA) is 110 Å². The second-order valence-corrected chi connectivity index (χ2v) is 10.6. The van der Waals surface area contributed by atoms with Crippen molar-refractivity contribution in [1.29, 1.82) is 0 Å². The van der Waals surface area contributed by atoms with Gasteiger partial charge in [0.2, 0.25) is 5.91 Å². The van der Waals surface area contributed by atoms with Crippen molar-refractivity contribution in [2.24, 2.45) is 5.92 Å². The molecular formula is C31H33F2NO6. The molecule has 2 aliphatic rings. The van der Waals surface area contributed by atoms with Crippen LogP contribution in [0.15, 0.2) is 72.8 Å². The number of aliphatic hydroxyl groups excluding tert-OH is 4. The SMILES string of the molecule is O=C1[C@H](CCCc2ccc(F)cc2)[C@@H](c2ccc(C[C@@H]3O[C@H](CO)[C@@H](O)[C@H](O)[C@H]3O)cc2)N1c1ccc(F)cc1. The fraction of sp³-hybridized carbons (Fsp3) is 0.387. The van der Waals surface area contributed by atoms with Gasteiger partial charge in [0.1, 0.15) is 36.1 Å². The zero-order valence-corrected chi connectivity index (χ0v) is 21.8. The summed E-state index contributed by atoms with van der Waals surface area (Å²) < 4.78 is 32.5. The van der Waals surface area contributed by atoms with Crippen molar-refractivity contribution in [2.75, 3.05) is 11.5 Å². The van der Waals surface area contributed by atoms with E-state index < -0.39 is 37.1 Å². The Kier molecular flexibility index (Phi) is 8.58. The predicted molar refractivity (Wildman–Crippen MR) is 143 cm³/mol. The van der Waals surface area contributed by atoms with Gasteiger partial charge in [-0.2, -0.15) is 0 Å². The molecule has 1 amide bonds. The number of β-lactam (4-membered cyclic amide) rings is 1. The van der Waals surface area contributed by atoms with Crippen molar-refractivity contribution in [3.63, 3.8) is 0 Å². The van der Waals surface area contributed by atoms with Crippen LogP contribution in [0.5, 0.6) is 0 Å². The number of ether oxygens (including phenoxy) is 1. The third-order valence-electron chi connectivity index (χ3n) is 7.96. The summed E-state index contributed by atoms with van der Waals surface area (Å²) in [5.74, 6) is -0.993. The lowest BCUT2D eigenvalue weighted by Crippen LogP contribution is -2.59. The van der Waals surface area contributed by atoms with E-state index in [0.29, 0.717) is 18.5 Å². The second-order valence-electron chi connectivity index (χ2n) is 10.6. The molecular weight excluding hydrogens is 520 g/mol. The van der Waals surface area contributed by atoms with Crippen LogP contribution in [0.3, 0.4) is 0 Å². The Morgan fingerprint density at radius 3 is 1.95 bits per heavy atom. The number of benzene rings is 3. The van der Waals surface area contributed by atoms with Gasteiger partial charge in [-0.15, -0.1) is 0 Å². The van der Waals surface area contributed by atoms with E-state index in [1.807, 2.05) is 24.3 Å². The summed E-state index contributed by atoms with van der Waals surface area (Å²) in [6.07, 6.45) is -3.62. The van der Waals surface area contributed by atoms with Gasteiger partial charge < -0.3 is 30.1 Å². The molecule has 7 nitrogen and oxygen atoms in total. The molecule has 4 N–H and O–H groups in total. The lowest BCUT2D eigenvalue weighted by molar-refractivity contribution is -0.228. The Hall–Kier alpha value is -3.21. The number of hydrogen-bond acceptors (Lipinski definition) is 6. The molecule has 3 aromatic rings. The van der Waals surface area contributed by atoms with E-state index in [4.69, 9.17) is 4.74 Å². The van der Waals surface area contributed by atoms with Crippen LogP contribution in [0.2, 0.25) is 0 Å². The fourth-order valence-electron chi connectivity index (χ4n) is 5.71. The van der Waals surface area contributed by atoms with Gasteiger partial charge in [0, 0.05) is 12.1 Å². The smallest absolute Gasteiger partial charge is 0.233 e. The number of carbonyl (C=O) groups is 1. The van der Waals surface area contributed by atoms with Crippen LogP contribution in [0.1, 0.15) is 35.6 Å². The molecule has 2 heterocycles. The van der Waals surface area contributed by atoms with E-state index in [1.54, 1.807) is 29.2 Å². The Labute approximate surface area is 231 Å². The number of aliphatic hydroxyl groups is 4. The van der Waals surface area contributed by atoms with E-state index in [1.165, 1.54) is 24.3 Å². The van der Waals surface area contributed by atoms with Gasteiger partial charge in [-0.05, 0) is 72.4 Å². The normalized spacial score (nSPS) is 28.4. The molecule has 212 valence electrons. The van der Waals surface area contributed by atoms with E-state index in [0.717, 1.165) is 23.1 Å². The minimum absolute atomic E-state index is 0.0406. The third kappa shape index (κ3) is 5.80.